The summed E-state index contributed by atoms with van der Waals surface area (Å²) in [6.07, 6.45) is 5.27. The summed E-state index contributed by atoms with van der Waals surface area (Å²) >= 11 is 0. The molecule has 0 aromatic heterocycles. The zero-order chi connectivity index (χ0) is 15.3. The van der Waals surface area contributed by atoms with Crippen molar-refractivity contribution in [2.75, 3.05) is 0 Å². The molecule has 0 fully saturated rings. The van der Waals surface area contributed by atoms with Crippen LogP contribution in [-0.4, -0.2) is 0 Å². The molecule has 1 aromatic carbocycles. The van der Waals surface area contributed by atoms with Gasteiger partial charge in [0.25, 0.3) is 0 Å². The molecule has 20 heavy (non-hydrogen) atoms. The van der Waals surface area contributed by atoms with E-state index in [-0.39, 0.29) is 0 Å². The van der Waals surface area contributed by atoms with E-state index in [1.165, 1.54) is 5.57 Å². The zero-order valence-electron chi connectivity index (χ0n) is 13.5. The van der Waals surface area contributed by atoms with Gasteiger partial charge >= 0.3 is 0 Å². The summed E-state index contributed by atoms with van der Waals surface area (Å²) in [5, 5.41) is 0. The summed E-state index contributed by atoms with van der Waals surface area (Å²) in [6, 6.07) is 5.99. The Morgan fingerprint density at radius 2 is 1.95 bits per heavy atom. The van der Waals surface area contributed by atoms with Gasteiger partial charge in [0.05, 0.1) is 0 Å². The zero-order valence-corrected chi connectivity index (χ0v) is 13.5. The van der Waals surface area contributed by atoms with E-state index in [0.29, 0.717) is 0 Å². The molecule has 0 atom stereocenters. The average Bonchev–Trinajstić information content (AvgIpc) is 2.35. The van der Waals surface area contributed by atoms with Crippen molar-refractivity contribution >= 4 is 5.57 Å². The average molecular weight is 274 g/mol. The maximum absolute atomic E-state index is 14.2. The topological polar surface area (TPSA) is 0 Å². The van der Waals surface area contributed by atoms with Crippen LogP contribution in [0, 0.1) is 6.92 Å². The van der Waals surface area contributed by atoms with Crippen LogP contribution < -0.4 is 0 Å². The second-order valence-corrected chi connectivity index (χ2v) is 6.06. The fraction of sp³-hybridized carbons (Fsp3) is 0.474. The number of alkyl halides is 1. The molecule has 0 N–H and O–H groups in total. The van der Waals surface area contributed by atoms with E-state index in [0.717, 1.165) is 41.5 Å². The van der Waals surface area contributed by atoms with Crippen molar-refractivity contribution in [3.8, 4) is 0 Å². The van der Waals surface area contributed by atoms with Crippen molar-refractivity contribution in [3.63, 3.8) is 0 Å². The minimum absolute atomic E-state index is 0.761. The van der Waals surface area contributed by atoms with Crippen molar-refractivity contribution in [1.29, 1.82) is 0 Å². The molecule has 110 valence electrons. The molecule has 0 radical (unpaired) electrons. The Bertz CT molecular complexity index is 501. The number of benzene rings is 1. The van der Waals surface area contributed by atoms with Gasteiger partial charge in [0.15, 0.2) is 0 Å². The fourth-order valence-electron chi connectivity index (χ4n) is 2.43. The quantitative estimate of drug-likeness (QED) is 0.530. The second kappa shape index (κ2) is 6.88. The number of allylic oxidation sites excluding steroid dienone is 3. The van der Waals surface area contributed by atoms with E-state index in [4.69, 9.17) is 0 Å². The molecule has 0 saturated carbocycles. The standard InChI is InChI=1S/C19H27F/c1-7-8-14(2)9-10-15(3)17-12-11-16(4)18(13-17)19(5,6)20/h8,11-13H,3,7,9-10H2,1-2,4-6H3/b14-8-. The van der Waals surface area contributed by atoms with Crippen LogP contribution in [0.4, 0.5) is 4.39 Å². The SMILES string of the molecule is C=C(CC/C(C)=C\CC)c1ccc(C)c(C(C)(C)F)c1. The molecule has 1 heteroatoms. The molecule has 0 aliphatic carbocycles. The first-order valence-electron chi connectivity index (χ1n) is 7.39. The molecule has 0 nitrogen and oxygen atoms in total. The Balaban J connectivity index is 2.87. The predicted molar refractivity (Wildman–Crippen MR) is 87.6 cm³/mol. The van der Waals surface area contributed by atoms with E-state index in [2.05, 4.69) is 26.5 Å². The maximum Gasteiger partial charge on any atom is 0.130 e. The predicted octanol–water partition coefficient (Wildman–Crippen LogP) is 6.35. The van der Waals surface area contributed by atoms with Gasteiger partial charge in [-0.1, -0.05) is 37.3 Å². The summed E-state index contributed by atoms with van der Waals surface area (Å²) < 4.78 is 14.2. The normalized spacial score (nSPS) is 12.6. The molecule has 0 saturated heterocycles. The van der Waals surface area contributed by atoms with Gasteiger partial charge in [0.1, 0.15) is 5.67 Å². The van der Waals surface area contributed by atoms with Crippen LogP contribution in [0.5, 0.6) is 0 Å². The number of hydrogen-bond donors (Lipinski definition) is 0. The molecule has 0 aliphatic rings. The highest BCUT2D eigenvalue weighted by Gasteiger charge is 2.21. The molecule has 1 aromatic rings. The van der Waals surface area contributed by atoms with E-state index in [9.17, 15) is 4.39 Å². The lowest BCUT2D eigenvalue weighted by Crippen LogP contribution is -2.11. The Kier molecular flexibility index (Phi) is 5.74. The van der Waals surface area contributed by atoms with Gasteiger partial charge in [0.2, 0.25) is 0 Å². The fourth-order valence-corrected chi connectivity index (χ4v) is 2.43. The van der Waals surface area contributed by atoms with E-state index in [1.54, 1.807) is 13.8 Å². The number of hydrogen-bond acceptors (Lipinski definition) is 0. The van der Waals surface area contributed by atoms with Gasteiger partial charge in [0, 0.05) is 0 Å². The highest BCUT2D eigenvalue weighted by molar-refractivity contribution is 5.65. The van der Waals surface area contributed by atoms with Crippen LogP contribution in [0.15, 0.2) is 36.4 Å². The molecule has 0 amide bonds. The third kappa shape index (κ3) is 4.63. The van der Waals surface area contributed by atoms with Crippen molar-refractivity contribution in [3.05, 3.63) is 53.1 Å². The molecule has 0 heterocycles. The minimum atomic E-state index is -1.31. The number of halogens is 1. The van der Waals surface area contributed by atoms with Crippen LogP contribution >= 0.6 is 0 Å². The van der Waals surface area contributed by atoms with Crippen LogP contribution in [0.2, 0.25) is 0 Å². The van der Waals surface area contributed by atoms with E-state index < -0.39 is 5.67 Å². The Labute approximate surface area is 123 Å². The van der Waals surface area contributed by atoms with Crippen LogP contribution in [-0.2, 0) is 5.67 Å². The number of aryl methyl sites for hydroxylation is 1. The van der Waals surface area contributed by atoms with Gasteiger partial charge in [-0.3, -0.25) is 0 Å². The first kappa shape index (κ1) is 16.7. The lowest BCUT2D eigenvalue weighted by atomic mass is 9.90. The van der Waals surface area contributed by atoms with Crippen LogP contribution in [0.3, 0.4) is 0 Å². The Hall–Kier alpha value is -1.37. The Morgan fingerprint density at radius 1 is 1.30 bits per heavy atom. The Morgan fingerprint density at radius 3 is 2.50 bits per heavy atom. The molecule has 0 aliphatic heterocycles. The lowest BCUT2D eigenvalue weighted by molar-refractivity contribution is 0.220. The summed E-state index contributed by atoms with van der Waals surface area (Å²) in [4.78, 5) is 0. The third-order valence-electron chi connectivity index (χ3n) is 3.66. The molecule has 0 bridgehead atoms. The smallest absolute Gasteiger partial charge is 0.130 e. The first-order chi connectivity index (χ1) is 9.25. The van der Waals surface area contributed by atoms with E-state index in [1.807, 2.05) is 25.1 Å². The van der Waals surface area contributed by atoms with Gasteiger partial charge in [-0.25, -0.2) is 4.39 Å². The highest BCUT2D eigenvalue weighted by atomic mass is 19.1. The van der Waals surface area contributed by atoms with Crippen LogP contribution in [0.25, 0.3) is 5.57 Å². The molecule has 0 spiro atoms. The van der Waals surface area contributed by atoms with Crippen molar-refractivity contribution in [2.45, 2.75) is 59.5 Å². The van der Waals surface area contributed by atoms with Crippen LogP contribution in [0.1, 0.15) is 63.6 Å². The monoisotopic (exact) mass is 274 g/mol. The summed E-state index contributed by atoms with van der Waals surface area (Å²) in [5.41, 5.74) is 3.98. The van der Waals surface area contributed by atoms with Crippen molar-refractivity contribution in [1.82, 2.24) is 0 Å². The summed E-state index contributed by atoms with van der Waals surface area (Å²) in [5.74, 6) is 0. The second-order valence-electron chi connectivity index (χ2n) is 6.06. The maximum atomic E-state index is 14.2. The van der Waals surface area contributed by atoms with Gasteiger partial charge in [-0.15, -0.1) is 0 Å². The third-order valence-corrected chi connectivity index (χ3v) is 3.66. The molecular formula is C19H27F. The lowest BCUT2D eigenvalue weighted by Gasteiger charge is -2.19. The highest BCUT2D eigenvalue weighted by Crippen LogP contribution is 2.31. The summed E-state index contributed by atoms with van der Waals surface area (Å²) in [6.45, 7) is 13.6. The minimum Gasteiger partial charge on any atom is -0.239 e. The summed E-state index contributed by atoms with van der Waals surface area (Å²) in [7, 11) is 0. The molecule has 0 unspecified atom stereocenters. The van der Waals surface area contributed by atoms with E-state index >= 15 is 0 Å². The number of rotatable bonds is 6. The van der Waals surface area contributed by atoms with Gasteiger partial charge < -0.3 is 0 Å². The first-order valence-corrected chi connectivity index (χ1v) is 7.39. The van der Waals surface area contributed by atoms with Crippen molar-refractivity contribution < 1.29 is 4.39 Å². The van der Waals surface area contributed by atoms with Crippen molar-refractivity contribution in [2.24, 2.45) is 0 Å². The molecule has 1 rings (SSSR count). The largest absolute Gasteiger partial charge is 0.239 e. The van der Waals surface area contributed by atoms with Gasteiger partial charge in [-0.05, 0) is 75.3 Å². The van der Waals surface area contributed by atoms with Gasteiger partial charge in [-0.2, -0.15) is 0 Å². The molecular weight excluding hydrogens is 247 g/mol.